The Bertz CT molecular complexity index is 451. The Balaban J connectivity index is 1.83. The molecule has 104 valence electrons. The zero-order valence-corrected chi connectivity index (χ0v) is 11.0. The second-order valence-corrected chi connectivity index (χ2v) is 4.90. The van der Waals surface area contributed by atoms with E-state index >= 15 is 0 Å². The van der Waals surface area contributed by atoms with Crippen LogP contribution in [-0.4, -0.2) is 42.6 Å². The van der Waals surface area contributed by atoms with Crippen LogP contribution in [0.3, 0.4) is 0 Å². The molecule has 1 N–H and O–H groups in total. The van der Waals surface area contributed by atoms with Crippen molar-refractivity contribution in [3.63, 3.8) is 0 Å². The molecule has 0 aromatic heterocycles. The molecule has 0 radical (unpaired) electrons. The predicted molar refractivity (Wildman–Crippen MR) is 69.1 cm³/mol. The summed E-state index contributed by atoms with van der Waals surface area (Å²) in [5.74, 6) is 1.55. The average molecular weight is 265 g/mol. The second kappa shape index (κ2) is 5.36. The highest BCUT2D eigenvalue weighted by Gasteiger charge is 2.33. The number of aliphatic hydroxyl groups is 1. The van der Waals surface area contributed by atoms with E-state index in [1.54, 1.807) is 0 Å². The lowest BCUT2D eigenvalue weighted by molar-refractivity contribution is -0.0196. The molecule has 0 saturated carbocycles. The Morgan fingerprint density at radius 1 is 1.32 bits per heavy atom. The Hall–Kier alpha value is -1.30. The minimum Gasteiger partial charge on any atom is -0.454 e. The average Bonchev–Trinajstić information content (AvgIpc) is 3.04. The number of hydrogen-bond donors (Lipinski definition) is 1. The molecular weight excluding hydrogens is 246 g/mol. The van der Waals surface area contributed by atoms with Crippen LogP contribution in [0.1, 0.15) is 25.1 Å². The molecule has 2 heterocycles. The summed E-state index contributed by atoms with van der Waals surface area (Å²) in [7, 11) is 0. The number of ether oxygens (including phenoxy) is 3. The van der Waals surface area contributed by atoms with Gasteiger partial charge in [-0.3, -0.25) is 4.90 Å². The van der Waals surface area contributed by atoms with Crippen molar-refractivity contribution in [1.29, 1.82) is 0 Å². The first kappa shape index (κ1) is 12.7. The normalized spacial score (nSPS) is 26.0. The van der Waals surface area contributed by atoms with Gasteiger partial charge < -0.3 is 19.3 Å². The zero-order chi connectivity index (χ0) is 13.2. The minimum absolute atomic E-state index is 0.0568. The number of benzene rings is 1. The quantitative estimate of drug-likeness (QED) is 0.894. The monoisotopic (exact) mass is 265 g/mol. The Morgan fingerprint density at radius 2 is 2.16 bits per heavy atom. The van der Waals surface area contributed by atoms with E-state index in [-0.39, 0.29) is 25.7 Å². The third-order valence-electron chi connectivity index (χ3n) is 3.49. The molecule has 1 saturated heterocycles. The summed E-state index contributed by atoms with van der Waals surface area (Å²) in [5.41, 5.74) is 1.05. The smallest absolute Gasteiger partial charge is 0.231 e. The molecule has 1 aromatic rings. The van der Waals surface area contributed by atoms with E-state index < -0.39 is 0 Å². The minimum atomic E-state index is -0.109. The van der Waals surface area contributed by atoms with Crippen LogP contribution in [0.2, 0.25) is 0 Å². The third kappa shape index (κ3) is 2.41. The van der Waals surface area contributed by atoms with E-state index in [0.717, 1.165) is 36.6 Å². The molecule has 19 heavy (non-hydrogen) atoms. The molecule has 0 bridgehead atoms. The molecule has 1 fully saturated rings. The van der Waals surface area contributed by atoms with E-state index in [0.29, 0.717) is 0 Å². The van der Waals surface area contributed by atoms with Crippen molar-refractivity contribution in [2.24, 2.45) is 0 Å². The van der Waals surface area contributed by atoms with Gasteiger partial charge in [-0.1, -0.05) is 13.0 Å². The van der Waals surface area contributed by atoms with Gasteiger partial charge in [0.15, 0.2) is 11.5 Å². The molecule has 2 unspecified atom stereocenters. The molecular formula is C14H19NO4. The van der Waals surface area contributed by atoms with Crippen LogP contribution in [0.5, 0.6) is 11.5 Å². The number of rotatable bonds is 4. The number of fused-ring (bicyclic) bond motifs is 1. The van der Waals surface area contributed by atoms with Gasteiger partial charge in [0.05, 0.1) is 12.7 Å². The summed E-state index contributed by atoms with van der Waals surface area (Å²) in [6, 6.07) is 5.88. The van der Waals surface area contributed by atoms with Crippen LogP contribution in [0.25, 0.3) is 0 Å². The molecule has 2 aliphatic rings. The zero-order valence-electron chi connectivity index (χ0n) is 11.0. The van der Waals surface area contributed by atoms with E-state index in [1.807, 2.05) is 18.2 Å². The molecule has 3 rings (SSSR count). The van der Waals surface area contributed by atoms with E-state index in [1.165, 1.54) is 0 Å². The summed E-state index contributed by atoms with van der Waals surface area (Å²) in [4.78, 5) is 2.25. The van der Waals surface area contributed by atoms with Gasteiger partial charge in [-0.15, -0.1) is 0 Å². The van der Waals surface area contributed by atoms with Gasteiger partial charge in [-0.25, -0.2) is 0 Å². The van der Waals surface area contributed by atoms with E-state index in [2.05, 4.69) is 11.8 Å². The van der Waals surface area contributed by atoms with Gasteiger partial charge in [-0.2, -0.15) is 0 Å². The van der Waals surface area contributed by atoms with Crippen molar-refractivity contribution < 1.29 is 19.3 Å². The topological polar surface area (TPSA) is 51.2 Å². The summed E-state index contributed by atoms with van der Waals surface area (Å²) in [6.07, 6.45) is 0.844. The highest BCUT2D eigenvalue weighted by atomic mass is 16.7. The highest BCUT2D eigenvalue weighted by molar-refractivity contribution is 5.45. The number of hydrogen-bond acceptors (Lipinski definition) is 5. The van der Waals surface area contributed by atoms with Crippen LogP contribution in [0, 0.1) is 0 Å². The van der Waals surface area contributed by atoms with Crippen molar-refractivity contribution in [2.45, 2.75) is 25.7 Å². The van der Waals surface area contributed by atoms with Crippen molar-refractivity contribution in [2.75, 3.05) is 26.5 Å². The van der Waals surface area contributed by atoms with Gasteiger partial charge in [0.25, 0.3) is 0 Å². The van der Waals surface area contributed by atoms with Gasteiger partial charge in [0.2, 0.25) is 6.79 Å². The molecule has 2 aliphatic heterocycles. The molecule has 0 spiro atoms. The van der Waals surface area contributed by atoms with Crippen LogP contribution in [0.4, 0.5) is 0 Å². The van der Waals surface area contributed by atoms with Crippen LogP contribution in [0.15, 0.2) is 18.2 Å². The molecule has 0 aliphatic carbocycles. The van der Waals surface area contributed by atoms with Gasteiger partial charge in [0.1, 0.15) is 6.23 Å². The molecule has 1 aromatic carbocycles. The van der Waals surface area contributed by atoms with Crippen LogP contribution >= 0.6 is 0 Å². The number of nitrogens with zero attached hydrogens (tertiary/aromatic N) is 1. The van der Waals surface area contributed by atoms with Crippen molar-refractivity contribution in [3.05, 3.63) is 23.8 Å². The van der Waals surface area contributed by atoms with Gasteiger partial charge >= 0.3 is 0 Å². The second-order valence-electron chi connectivity index (χ2n) is 4.90. The fraction of sp³-hybridized carbons (Fsp3) is 0.571. The standard InChI is InChI=1S/C14H19NO4/c1-2-5-15-7-11(8-16)19-14(15)10-3-4-12-13(6-10)18-9-17-12/h3-4,6,11,14,16H,2,5,7-9H2,1H3. The fourth-order valence-corrected chi connectivity index (χ4v) is 2.62. The summed E-state index contributed by atoms with van der Waals surface area (Å²) >= 11 is 0. The maximum atomic E-state index is 9.28. The Labute approximate surface area is 112 Å². The van der Waals surface area contributed by atoms with Gasteiger partial charge in [-0.05, 0) is 24.1 Å². The van der Waals surface area contributed by atoms with Crippen molar-refractivity contribution in [1.82, 2.24) is 4.90 Å². The summed E-state index contributed by atoms with van der Waals surface area (Å²) in [5, 5.41) is 9.28. The first-order valence-corrected chi connectivity index (χ1v) is 6.71. The van der Waals surface area contributed by atoms with E-state index in [4.69, 9.17) is 14.2 Å². The van der Waals surface area contributed by atoms with Crippen molar-refractivity contribution in [3.8, 4) is 11.5 Å². The lowest BCUT2D eigenvalue weighted by Crippen LogP contribution is -2.26. The first-order valence-electron chi connectivity index (χ1n) is 6.71. The highest BCUT2D eigenvalue weighted by Crippen LogP contribution is 2.38. The summed E-state index contributed by atoms with van der Waals surface area (Å²) < 4.78 is 16.6. The summed E-state index contributed by atoms with van der Waals surface area (Å²) in [6.45, 7) is 4.20. The predicted octanol–water partition coefficient (Wildman–Crippen LogP) is 1.52. The fourth-order valence-electron chi connectivity index (χ4n) is 2.62. The molecule has 5 heteroatoms. The van der Waals surface area contributed by atoms with Crippen molar-refractivity contribution >= 4 is 0 Å². The SMILES string of the molecule is CCCN1CC(CO)OC1c1ccc2c(c1)OCO2. The first-order chi connectivity index (χ1) is 9.31. The third-order valence-corrected chi connectivity index (χ3v) is 3.49. The van der Waals surface area contributed by atoms with Gasteiger partial charge in [0, 0.05) is 13.1 Å². The maximum absolute atomic E-state index is 9.28. The lowest BCUT2D eigenvalue weighted by atomic mass is 10.1. The molecule has 2 atom stereocenters. The largest absolute Gasteiger partial charge is 0.454 e. The Morgan fingerprint density at radius 3 is 2.95 bits per heavy atom. The van der Waals surface area contributed by atoms with Crippen LogP contribution < -0.4 is 9.47 Å². The molecule has 5 nitrogen and oxygen atoms in total. The number of aliphatic hydroxyl groups excluding tert-OH is 1. The Kier molecular flexibility index (Phi) is 3.59. The maximum Gasteiger partial charge on any atom is 0.231 e. The van der Waals surface area contributed by atoms with Crippen LogP contribution in [-0.2, 0) is 4.74 Å². The molecule has 0 amide bonds. The lowest BCUT2D eigenvalue weighted by Gasteiger charge is -2.22. The van der Waals surface area contributed by atoms with E-state index in [9.17, 15) is 5.11 Å².